The fraction of sp³-hybridized carbons (Fsp3) is 0.391. The maximum absolute atomic E-state index is 13.1. The average molecular weight is 377 g/mol. The van der Waals surface area contributed by atoms with E-state index in [2.05, 4.69) is 47.5 Å². The predicted octanol–water partition coefficient (Wildman–Crippen LogP) is 3.60. The van der Waals surface area contributed by atoms with E-state index in [4.69, 9.17) is 4.98 Å². The highest BCUT2D eigenvalue weighted by molar-refractivity contribution is 5.95. The second kappa shape index (κ2) is 8.15. The molecule has 5 nitrogen and oxygen atoms in total. The average Bonchev–Trinajstić information content (AvgIpc) is 3.10. The summed E-state index contributed by atoms with van der Waals surface area (Å²) in [6, 6.07) is 14.8. The van der Waals surface area contributed by atoms with E-state index in [9.17, 15) is 4.79 Å². The Morgan fingerprint density at radius 2 is 1.89 bits per heavy atom. The van der Waals surface area contributed by atoms with Gasteiger partial charge in [-0.15, -0.1) is 0 Å². The van der Waals surface area contributed by atoms with Crippen molar-refractivity contribution in [3.05, 3.63) is 71.2 Å². The first kappa shape index (κ1) is 18.7. The molecular weight excluding hydrogens is 348 g/mol. The molecule has 3 heterocycles. The SMILES string of the molecule is CCc1nc2c(C)cccn2c1C(=O)NC1CCN(Cc2ccccc2)CC1. The lowest BCUT2D eigenvalue weighted by Crippen LogP contribution is -2.44. The summed E-state index contributed by atoms with van der Waals surface area (Å²) in [7, 11) is 0. The third kappa shape index (κ3) is 3.80. The van der Waals surface area contributed by atoms with E-state index in [1.807, 2.05) is 29.7 Å². The third-order valence-corrected chi connectivity index (χ3v) is 5.64. The largest absolute Gasteiger partial charge is 0.348 e. The van der Waals surface area contributed by atoms with Gasteiger partial charge in [0.05, 0.1) is 5.69 Å². The van der Waals surface area contributed by atoms with Gasteiger partial charge in [0.25, 0.3) is 5.91 Å². The molecule has 1 N–H and O–H groups in total. The molecule has 1 fully saturated rings. The molecule has 1 saturated heterocycles. The van der Waals surface area contributed by atoms with Crippen LogP contribution in [-0.2, 0) is 13.0 Å². The van der Waals surface area contributed by atoms with Gasteiger partial charge in [0, 0.05) is 31.9 Å². The van der Waals surface area contributed by atoms with E-state index >= 15 is 0 Å². The van der Waals surface area contributed by atoms with Crippen LogP contribution in [0.5, 0.6) is 0 Å². The topological polar surface area (TPSA) is 49.6 Å². The van der Waals surface area contributed by atoms with Crippen molar-refractivity contribution in [3.63, 3.8) is 0 Å². The fourth-order valence-electron chi connectivity index (χ4n) is 4.07. The number of aromatic nitrogens is 2. The normalized spacial score (nSPS) is 15.8. The molecule has 0 saturated carbocycles. The number of carbonyl (C=O) groups excluding carboxylic acids is 1. The van der Waals surface area contributed by atoms with Crippen LogP contribution in [0.25, 0.3) is 5.65 Å². The van der Waals surface area contributed by atoms with Gasteiger partial charge in [0.2, 0.25) is 0 Å². The monoisotopic (exact) mass is 376 g/mol. The molecule has 28 heavy (non-hydrogen) atoms. The molecule has 0 aliphatic carbocycles. The Kier molecular flexibility index (Phi) is 5.44. The third-order valence-electron chi connectivity index (χ3n) is 5.64. The molecule has 0 atom stereocenters. The van der Waals surface area contributed by atoms with Crippen LogP contribution in [0.1, 0.15) is 47.1 Å². The number of benzene rings is 1. The number of likely N-dealkylation sites (tertiary alicyclic amines) is 1. The summed E-state index contributed by atoms with van der Waals surface area (Å²) in [5, 5.41) is 3.27. The molecule has 4 rings (SSSR count). The molecule has 1 aliphatic heterocycles. The van der Waals surface area contributed by atoms with Gasteiger partial charge in [-0.25, -0.2) is 4.98 Å². The summed E-state index contributed by atoms with van der Waals surface area (Å²) in [6.45, 7) is 7.08. The maximum Gasteiger partial charge on any atom is 0.270 e. The van der Waals surface area contributed by atoms with Crippen LogP contribution in [0, 0.1) is 6.92 Å². The highest BCUT2D eigenvalue weighted by atomic mass is 16.2. The Labute approximate surface area is 166 Å². The molecule has 2 aromatic heterocycles. The number of aryl methyl sites for hydroxylation is 2. The quantitative estimate of drug-likeness (QED) is 0.740. The second-order valence-corrected chi connectivity index (χ2v) is 7.65. The minimum atomic E-state index is -0.00328. The number of carbonyl (C=O) groups is 1. The molecule has 1 aromatic carbocycles. The van der Waals surface area contributed by atoms with Crippen molar-refractivity contribution in [3.8, 4) is 0 Å². The van der Waals surface area contributed by atoms with E-state index in [1.54, 1.807) is 0 Å². The number of nitrogens with one attached hydrogen (secondary N) is 1. The second-order valence-electron chi connectivity index (χ2n) is 7.65. The lowest BCUT2D eigenvalue weighted by atomic mass is 10.0. The highest BCUT2D eigenvalue weighted by Gasteiger charge is 2.24. The summed E-state index contributed by atoms with van der Waals surface area (Å²) < 4.78 is 1.94. The van der Waals surface area contributed by atoms with Crippen LogP contribution in [-0.4, -0.2) is 39.3 Å². The lowest BCUT2D eigenvalue weighted by molar-refractivity contribution is 0.0902. The minimum absolute atomic E-state index is 0.00328. The number of nitrogens with zero attached hydrogens (tertiary/aromatic N) is 3. The van der Waals surface area contributed by atoms with Crippen molar-refractivity contribution >= 4 is 11.6 Å². The number of rotatable bonds is 5. The van der Waals surface area contributed by atoms with Gasteiger partial charge >= 0.3 is 0 Å². The van der Waals surface area contributed by atoms with E-state index in [1.165, 1.54) is 5.56 Å². The van der Waals surface area contributed by atoms with Crippen LogP contribution in [0.4, 0.5) is 0 Å². The predicted molar refractivity (Wildman–Crippen MR) is 112 cm³/mol. The van der Waals surface area contributed by atoms with E-state index in [-0.39, 0.29) is 11.9 Å². The highest BCUT2D eigenvalue weighted by Crippen LogP contribution is 2.18. The molecule has 0 bridgehead atoms. The lowest BCUT2D eigenvalue weighted by Gasteiger charge is -2.32. The van der Waals surface area contributed by atoms with Crippen molar-refractivity contribution in [1.29, 1.82) is 0 Å². The Balaban J connectivity index is 1.41. The van der Waals surface area contributed by atoms with Crippen LogP contribution < -0.4 is 5.32 Å². The Hall–Kier alpha value is -2.66. The Bertz CT molecular complexity index is 955. The molecule has 3 aromatic rings. The smallest absolute Gasteiger partial charge is 0.270 e. The van der Waals surface area contributed by atoms with Crippen LogP contribution in [0.3, 0.4) is 0 Å². The van der Waals surface area contributed by atoms with Gasteiger partial charge in [-0.2, -0.15) is 0 Å². The molecular formula is C23H28N4O. The van der Waals surface area contributed by atoms with Gasteiger partial charge in [0.15, 0.2) is 0 Å². The number of pyridine rings is 1. The number of hydrogen-bond donors (Lipinski definition) is 1. The molecule has 0 spiro atoms. The van der Waals surface area contributed by atoms with Gasteiger partial charge in [-0.05, 0) is 43.4 Å². The van der Waals surface area contributed by atoms with Crippen molar-refractivity contribution in [2.45, 2.75) is 45.7 Å². The molecule has 5 heteroatoms. The number of amides is 1. The van der Waals surface area contributed by atoms with Gasteiger partial charge in [0.1, 0.15) is 11.3 Å². The number of imidazole rings is 1. The van der Waals surface area contributed by atoms with Gasteiger partial charge < -0.3 is 5.32 Å². The molecule has 146 valence electrons. The molecule has 1 aliphatic rings. The van der Waals surface area contributed by atoms with Crippen molar-refractivity contribution < 1.29 is 4.79 Å². The first-order valence-electron chi connectivity index (χ1n) is 10.2. The van der Waals surface area contributed by atoms with Crippen molar-refractivity contribution in [1.82, 2.24) is 19.6 Å². The minimum Gasteiger partial charge on any atom is -0.348 e. The summed E-state index contributed by atoms with van der Waals surface area (Å²) in [6.07, 6.45) is 4.65. The van der Waals surface area contributed by atoms with Crippen LogP contribution >= 0.6 is 0 Å². The molecule has 0 unspecified atom stereocenters. The summed E-state index contributed by atoms with van der Waals surface area (Å²) in [4.78, 5) is 20.2. The molecule has 1 amide bonds. The zero-order valence-corrected chi connectivity index (χ0v) is 16.7. The van der Waals surface area contributed by atoms with Crippen molar-refractivity contribution in [2.75, 3.05) is 13.1 Å². The summed E-state index contributed by atoms with van der Waals surface area (Å²) >= 11 is 0. The molecule has 0 radical (unpaired) electrons. The van der Waals surface area contributed by atoms with Crippen LogP contribution in [0.15, 0.2) is 48.7 Å². The number of fused-ring (bicyclic) bond motifs is 1. The number of hydrogen-bond acceptors (Lipinski definition) is 3. The van der Waals surface area contributed by atoms with E-state index < -0.39 is 0 Å². The van der Waals surface area contributed by atoms with E-state index in [0.29, 0.717) is 5.69 Å². The van der Waals surface area contributed by atoms with Gasteiger partial charge in [-0.1, -0.05) is 43.3 Å². The fourth-order valence-corrected chi connectivity index (χ4v) is 4.07. The Morgan fingerprint density at radius 3 is 2.61 bits per heavy atom. The van der Waals surface area contributed by atoms with Crippen molar-refractivity contribution in [2.24, 2.45) is 0 Å². The van der Waals surface area contributed by atoms with Crippen LogP contribution in [0.2, 0.25) is 0 Å². The zero-order valence-electron chi connectivity index (χ0n) is 16.7. The van der Waals surface area contributed by atoms with E-state index in [0.717, 1.165) is 55.8 Å². The first-order valence-corrected chi connectivity index (χ1v) is 10.2. The summed E-state index contributed by atoms with van der Waals surface area (Å²) in [5.74, 6) is -0.00328. The number of piperidine rings is 1. The van der Waals surface area contributed by atoms with Gasteiger partial charge in [-0.3, -0.25) is 14.1 Å². The zero-order chi connectivity index (χ0) is 19.5. The standard InChI is InChI=1S/C23H28N4O/c1-3-20-21(27-13-7-8-17(2)22(27)25-20)23(28)24-19-11-14-26(15-12-19)16-18-9-5-4-6-10-18/h4-10,13,19H,3,11-12,14-16H2,1-2H3,(H,24,28). The maximum atomic E-state index is 13.1. The summed E-state index contributed by atoms with van der Waals surface area (Å²) in [5.41, 5.74) is 4.87. The first-order chi connectivity index (χ1) is 13.7. The Morgan fingerprint density at radius 1 is 1.14 bits per heavy atom.